The highest BCUT2D eigenvalue weighted by atomic mass is 28.3. The van der Waals surface area contributed by atoms with Gasteiger partial charge in [-0.15, -0.1) is 0 Å². The van der Waals surface area contributed by atoms with E-state index < -0.39 is 16.1 Å². The average molecular weight is 590 g/mol. The fourth-order valence-corrected chi connectivity index (χ4v) is 16.8. The lowest BCUT2D eigenvalue weighted by Crippen LogP contribution is -2.77. The lowest BCUT2D eigenvalue weighted by atomic mass is 9.79. The zero-order chi connectivity index (χ0) is 29.9. The zero-order valence-corrected chi connectivity index (χ0v) is 29.1. The molecular weight excluding hydrogens is 543 g/mol. The molecular formula is C38H47NOSi2. The van der Waals surface area contributed by atoms with Crippen LogP contribution < -0.4 is 0 Å². The molecule has 3 unspecified atom stereocenters. The molecule has 0 bridgehead atoms. The molecule has 2 nitrogen and oxygen atoms in total. The molecule has 0 amide bonds. The Balaban J connectivity index is 1.52. The first-order chi connectivity index (χ1) is 19.7. The predicted octanol–water partition coefficient (Wildman–Crippen LogP) is 9.80. The summed E-state index contributed by atoms with van der Waals surface area (Å²) in [5.41, 5.74) is 13.4. The molecule has 2 aliphatic carbocycles. The summed E-state index contributed by atoms with van der Waals surface area (Å²) in [5.74, 6) is 0. The fraction of sp³-hybridized carbons (Fsp3) is 0.421. The van der Waals surface area contributed by atoms with Crippen LogP contribution in [0.25, 0.3) is 27.7 Å². The SMILES string of the molecule is Cc1ccc2c(c1)c1c(n2C)-c2ccccc2C12CC1(C=C(C[Si](C)(C)C)c3ccccc31)[Si]2(C)CCOC(C)(C)C. The number of aryl methyl sites for hydroxylation is 2. The van der Waals surface area contributed by atoms with Crippen LogP contribution in [0.2, 0.25) is 38.3 Å². The van der Waals surface area contributed by atoms with Crippen LogP contribution in [0.5, 0.6) is 0 Å². The second-order valence-corrected chi connectivity index (χ2v) is 26.3. The van der Waals surface area contributed by atoms with E-state index in [1.807, 2.05) is 0 Å². The van der Waals surface area contributed by atoms with E-state index in [1.165, 1.54) is 45.8 Å². The van der Waals surface area contributed by atoms with Crippen molar-refractivity contribution in [1.29, 1.82) is 0 Å². The number of benzene rings is 3. The van der Waals surface area contributed by atoms with Gasteiger partial charge in [-0.1, -0.05) is 92.4 Å². The maximum atomic E-state index is 6.61. The van der Waals surface area contributed by atoms with Gasteiger partial charge in [-0.05, 0) is 86.2 Å². The Morgan fingerprint density at radius 3 is 2.29 bits per heavy atom. The second-order valence-electron chi connectivity index (χ2n) is 15.9. The van der Waals surface area contributed by atoms with E-state index in [1.54, 1.807) is 22.3 Å². The van der Waals surface area contributed by atoms with Gasteiger partial charge in [-0.25, -0.2) is 0 Å². The summed E-state index contributed by atoms with van der Waals surface area (Å²) in [5, 5.41) is 1.62. The number of hydrogen-bond donors (Lipinski definition) is 0. The highest BCUT2D eigenvalue weighted by Crippen LogP contribution is 2.74. The lowest BCUT2D eigenvalue weighted by molar-refractivity contribution is 0.00393. The predicted molar refractivity (Wildman–Crippen MR) is 185 cm³/mol. The summed E-state index contributed by atoms with van der Waals surface area (Å²) in [6.45, 7) is 20.0. The molecule has 7 rings (SSSR count). The van der Waals surface area contributed by atoms with Gasteiger partial charge in [-0.2, -0.15) is 0 Å². The van der Waals surface area contributed by atoms with Crippen molar-refractivity contribution in [3.8, 4) is 11.3 Å². The van der Waals surface area contributed by atoms with Crippen LogP contribution in [0.3, 0.4) is 0 Å². The van der Waals surface area contributed by atoms with Gasteiger partial charge in [0.2, 0.25) is 0 Å². The van der Waals surface area contributed by atoms with E-state index in [0.29, 0.717) is 0 Å². The summed E-state index contributed by atoms with van der Waals surface area (Å²) in [7, 11) is -1.25. The smallest absolute Gasteiger partial charge is 0.0853 e. The molecule has 4 heteroatoms. The third-order valence-corrected chi connectivity index (χ3v) is 18.7. The molecule has 0 radical (unpaired) electrons. The molecule has 3 aliphatic rings. The molecule has 3 atom stereocenters. The Morgan fingerprint density at radius 2 is 1.60 bits per heavy atom. The maximum absolute atomic E-state index is 6.61. The first kappa shape index (κ1) is 28.1. The molecule has 1 aromatic heterocycles. The third kappa shape index (κ3) is 3.64. The van der Waals surface area contributed by atoms with Crippen LogP contribution in [-0.4, -0.2) is 32.9 Å². The van der Waals surface area contributed by atoms with Gasteiger partial charge < -0.3 is 9.30 Å². The second kappa shape index (κ2) is 8.93. The minimum absolute atomic E-state index is 0.0473. The average Bonchev–Trinajstić information content (AvgIpc) is 3.50. The summed E-state index contributed by atoms with van der Waals surface area (Å²) >= 11 is 0. The van der Waals surface area contributed by atoms with Crippen LogP contribution in [0, 0.1) is 6.92 Å². The first-order valence-corrected chi connectivity index (χ1v) is 22.3. The number of nitrogens with zero attached hydrogens (tertiary/aromatic N) is 1. The maximum Gasteiger partial charge on any atom is 0.0853 e. The summed E-state index contributed by atoms with van der Waals surface area (Å²) in [4.78, 5) is 0. The fourth-order valence-electron chi connectivity index (χ4n) is 9.26. The molecule has 42 heavy (non-hydrogen) atoms. The molecule has 1 saturated heterocycles. The first-order valence-electron chi connectivity index (χ1n) is 15.9. The molecule has 2 spiro atoms. The molecule has 218 valence electrons. The van der Waals surface area contributed by atoms with Gasteiger partial charge in [0.1, 0.15) is 0 Å². The summed E-state index contributed by atoms with van der Waals surface area (Å²) in [6.07, 6.45) is 3.99. The van der Waals surface area contributed by atoms with Gasteiger partial charge >= 0.3 is 0 Å². The van der Waals surface area contributed by atoms with E-state index in [-0.39, 0.29) is 15.7 Å². The number of ether oxygens (including phenoxy) is 1. The van der Waals surface area contributed by atoms with Crippen LogP contribution in [-0.2, 0) is 21.9 Å². The van der Waals surface area contributed by atoms with Crippen molar-refractivity contribution in [2.24, 2.45) is 7.05 Å². The van der Waals surface area contributed by atoms with Crippen LogP contribution in [0.4, 0.5) is 0 Å². The molecule has 0 saturated carbocycles. The summed E-state index contributed by atoms with van der Waals surface area (Å²) in [6, 6.07) is 28.4. The molecule has 2 heterocycles. The van der Waals surface area contributed by atoms with Crippen molar-refractivity contribution in [3.63, 3.8) is 0 Å². The highest BCUT2D eigenvalue weighted by Gasteiger charge is 2.76. The monoisotopic (exact) mass is 589 g/mol. The zero-order valence-electron chi connectivity index (χ0n) is 27.1. The minimum Gasteiger partial charge on any atom is -0.376 e. The minimum atomic E-state index is -2.22. The van der Waals surface area contributed by atoms with E-state index in [0.717, 1.165) is 12.7 Å². The number of aromatic nitrogens is 1. The Labute approximate surface area is 254 Å². The van der Waals surface area contributed by atoms with Gasteiger partial charge in [0, 0.05) is 48.3 Å². The van der Waals surface area contributed by atoms with Crippen molar-refractivity contribution < 1.29 is 4.74 Å². The van der Waals surface area contributed by atoms with Crippen LogP contribution in [0.15, 0.2) is 72.8 Å². The van der Waals surface area contributed by atoms with Crippen molar-refractivity contribution in [1.82, 2.24) is 4.57 Å². The van der Waals surface area contributed by atoms with Crippen molar-refractivity contribution in [3.05, 3.63) is 101 Å². The third-order valence-electron chi connectivity index (χ3n) is 10.9. The normalized spacial score (nSPS) is 26.0. The number of hydrogen-bond acceptors (Lipinski definition) is 1. The van der Waals surface area contributed by atoms with Crippen molar-refractivity contribution in [2.45, 2.75) is 88.1 Å². The molecule has 0 N–H and O–H groups in total. The number of rotatable bonds is 5. The van der Waals surface area contributed by atoms with Crippen LogP contribution in [0.1, 0.15) is 55.0 Å². The quantitative estimate of drug-likeness (QED) is 0.211. The van der Waals surface area contributed by atoms with Gasteiger partial charge in [-0.3, -0.25) is 0 Å². The Bertz CT molecular complexity index is 1780. The Hall–Kier alpha value is -2.67. The Kier molecular flexibility index (Phi) is 5.98. The molecule has 3 aromatic carbocycles. The molecule has 4 aromatic rings. The van der Waals surface area contributed by atoms with E-state index >= 15 is 0 Å². The standard InChI is InChI=1S/C38H47NOSi2/c1-26-18-19-33-30(22-26)34-35(39(33)5)29-15-11-13-17-32(29)38(34)25-37(42(38,9)21-20-40-36(2,3)4)23-27(24-41(6,7)8)28-14-10-12-16-31(28)37/h10-19,22-23H,20-21,24-25H2,1-9H3. The van der Waals surface area contributed by atoms with Gasteiger partial charge in [0.25, 0.3) is 0 Å². The van der Waals surface area contributed by atoms with E-state index in [9.17, 15) is 0 Å². The molecule has 1 fully saturated rings. The van der Waals surface area contributed by atoms with Gasteiger partial charge in [0.15, 0.2) is 0 Å². The number of fused-ring (bicyclic) bond motifs is 9. The van der Waals surface area contributed by atoms with E-state index in [4.69, 9.17) is 4.74 Å². The Morgan fingerprint density at radius 1 is 0.929 bits per heavy atom. The van der Waals surface area contributed by atoms with Crippen molar-refractivity contribution in [2.75, 3.05) is 6.61 Å². The van der Waals surface area contributed by atoms with Crippen LogP contribution >= 0.6 is 0 Å². The van der Waals surface area contributed by atoms with Gasteiger partial charge in [0.05, 0.1) is 19.4 Å². The highest BCUT2D eigenvalue weighted by molar-refractivity contribution is 6.89. The van der Waals surface area contributed by atoms with Crippen molar-refractivity contribution >= 4 is 32.6 Å². The summed E-state index contributed by atoms with van der Waals surface area (Å²) < 4.78 is 9.10. The van der Waals surface area contributed by atoms with E-state index in [2.05, 4.69) is 138 Å². The largest absolute Gasteiger partial charge is 0.376 e. The number of allylic oxidation sites excluding steroid dienone is 2. The molecule has 1 aliphatic heterocycles. The lowest BCUT2D eigenvalue weighted by Gasteiger charge is -2.68. The topological polar surface area (TPSA) is 14.2 Å².